The zero-order valence-electron chi connectivity index (χ0n) is 15.8. The molecule has 0 unspecified atom stereocenters. The third-order valence-electron chi connectivity index (χ3n) is 4.60. The first-order valence-electron chi connectivity index (χ1n) is 9.04. The maximum absolute atomic E-state index is 13.1. The fourth-order valence-corrected chi connectivity index (χ4v) is 2.98. The van der Waals surface area contributed by atoms with Crippen LogP contribution in [0.3, 0.4) is 0 Å². The van der Waals surface area contributed by atoms with E-state index in [9.17, 15) is 9.18 Å². The van der Waals surface area contributed by atoms with Crippen molar-refractivity contribution in [1.29, 1.82) is 0 Å². The lowest BCUT2D eigenvalue weighted by Crippen LogP contribution is -2.51. The third kappa shape index (κ3) is 5.12. The van der Waals surface area contributed by atoms with E-state index in [1.54, 1.807) is 24.3 Å². The number of rotatable bonds is 4. The lowest BCUT2D eigenvalue weighted by Gasteiger charge is -2.36. The van der Waals surface area contributed by atoms with Crippen LogP contribution in [-0.4, -0.2) is 50.2 Å². The minimum atomic E-state index is -0.505. The van der Waals surface area contributed by atoms with Gasteiger partial charge in [0.1, 0.15) is 5.82 Å². The van der Waals surface area contributed by atoms with Gasteiger partial charge >= 0.3 is 6.09 Å². The Morgan fingerprint density at radius 2 is 1.75 bits per heavy atom. The fraction of sp³-hybridized carbons (Fsp3) is 0.300. The van der Waals surface area contributed by atoms with Crippen molar-refractivity contribution in [2.45, 2.75) is 6.54 Å². The van der Waals surface area contributed by atoms with E-state index in [0.717, 1.165) is 37.4 Å². The van der Waals surface area contributed by atoms with Crippen LogP contribution in [0.5, 0.6) is 0 Å². The summed E-state index contributed by atoms with van der Waals surface area (Å²) in [6.07, 6.45) is -0.505. The normalized spacial score (nSPS) is 14.7. The highest BCUT2D eigenvalue weighted by Crippen LogP contribution is 2.17. The molecule has 0 aliphatic carbocycles. The van der Waals surface area contributed by atoms with E-state index in [2.05, 4.69) is 19.9 Å². The first kappa shape index (κ1) is 19.5. The second-order valence-corrected chi connectivity index (χ2v) is 6.44. The van der Waals surface area contributed by atoms with E-state index in [0.29, 0.717) is 18.2 Å². The SMILES string of the molecule is COC(=O)Nc1ccc(CN=C(N)N2CCN(c3ccc(F)cc3)CC2)cc1. The van der Waals surface area contributed by atoms with Gasteiger partial charge in [-0.1, -0.05) is 12.1 Å². The Bertz CT molecular complexity index is 815. The molecule has 0 atom stereocenters. The number of ether oxygens (including phenoxy) is 1. The van der Waals surface area contributed by atoms with E-state index < -0.39 is 6.09 Å². The summed E-state index contributed by atoms with van der Waals surface area (Å²) in [5, 5.41) is 2.60. The number of nitrogens with one attached hydrogen (secondary N) is 1. The Kier molecular flexibility index (Phi) is 6.31. The number of nitrogens with zero attached hydrogens (tertiary/aromatic N) is 3. The van der Waals surface area contributed by atoms with Crippen LogP contribution >= 0.6 is 0 Å². The van der Waals surface area contributed by atoms with Crippen LogP contribution in [0.2, 0.25) is 0 Å². The van der Waals surface area contributed by atoms with Crippen molar-refractivity contribution in [3.8, 4) is 0 Å². The van der Waals surface area contributed by atoms with E-state index in [1.807, 2.05) is 17.0 Å². The minimum Gasteiger partial charge on any atom is -0.453 e. The van der Waals surface area contributed by atoms with Gasteiger partial charge in [-0.05, 0) is 42.0 Å². The van der Waals surface area contributed by atoms with E-state index in [-0.39, 0.29) is 5.82 Å². The van der Waals surface area contributed by atoms with Gasteiger partial charge in [0.15, 0.2) is 5.96 Å². The number of methoxy groups -OCH3 is 1. The molecular weight excluding hydrogens is 361 g/mol. The first-order valence-corrected chi connectivity index (χ1v) is 9.04. The summed E-state index contributed by atoms with van der Waals surface area (Å²) in [5.41, 5.74) is 8.81. The van der Waals surface area contributed by atoms with Gasteiger partial charge < -0.3 is 20.3 Å². The molecule has 0 radical (unpaired) electrons. The summed E-state index contributed by atoms with van der Waals surface area (Å²) in [5.74, 6) is 0.281. The maximum atomic E-state index is 13.1. The Balaban J connectivity index is 1.50. The molecule has 0 saturated carbocycles. The fourth-order valence-electron chi connectivity index (χ4n) is 2.98. The number of carbonyl (C=O) groups is 1. The molecule has 28 heavy (non-hydrogen) atoms. The number of guanidine groups is 1. The number of hydrogen-bond acceptors (Lipinski definition) is 4. The highest BCUT2D eigenvalue weighted by atomic mass is 19.1. The average Bonchev–Trinajstić information content (AvgIpc) is 2.73. The van der Waals surface area contributed by atoms with Gasteiger partial charge in [-0.2, -0.15) is 0 Å². The van der Waals surface area contributed by atoms with Crippen LogP contribution in [0.15, 0.2) is 53.5 Å². The Morgan fingerprint density at radius 1 is 1.11 bits per heavy atom. The second-order valence-electron chi connectivity index (χ2n) is 6.44. The summed E-state index contributed by atoms with van der Waals surface area (Å²) in [7, 11) is 1.32. The third-order valence-corrected chi connectivity index (χ3v) is 4.60. The Morgan fingerprint density at radius 3 is 2.36 bits per heavy atom. The number of carbonyl (C=O) groups excluding carboxylic acids is 1. The molecule has 8 heteroatoms. The zero-order chi connectivity index (χ0) is 19.9. The van der Waals surface area contributed by atoms with Crippen molar-refractivity contribution >= 4 is 23.4 Å². The summed E-state index contributed by atoms with van der Waals surface area (Å²) >= 11 is 0. The molecule has 1 saturated heterocycles. The zero-order valence-corrected chi connectivity index (χ0v) is 15.8. The van der Waals surface area contributed by atoms with Crippen molar-refractivity contribution in [3.05, 3.63) is 59.9 Å². The number of nitrogens with two attached hydrogens (primary N) is 1. The molecule has 1 aliphatic heterocycles. The molecule has 2 aromatic rings. The van der Waals surface area contributed by atoms with Crippen LogP contribution < -0.4 is 16.0 Å². The quantitative estimate of drug-likeness (QED) is 0.625. The van der Waals surface area contributed by atoms with Gasteiger partial charge in [-0.15, -0.1) is 0 Å². The standard InChI is InChI=1S/C20H24FN5O2/c1-28-20(27)24-17-6-2-15(3-7-17)14-23-19(22)26-12-10-25(11-13-26)18-8-4-16(21)5-9-18/h2-9H,10-14H2,1H3,(H2,22,23)(H,24,27). The maximum Gasteiger partial charge on any atom is 0.411 e. The molecule has 1 fully saturated rings. The molecular formula is C20H24FN5O2. The molecule has 1 heterocycles. The number of aliphatic imine (C=N–C) groups is 1. The molecule has 2 aromatic carbocycles. The van der Waals surface area contributed by atoms with Crippen molar-refractivity contribution in [2.75, 3.05) is 43.5 Å². The first-order chi connectivity index (χ1) is 13.5. The van der Waals surface area contributed by atoms with Gasteiger partial charge in [0.25, 0.3) is 0 Å². The van der Waals surface area contributed by atoms with Crippen molar-refractivity contribution < 1.29 is 13.9 Å². The van der Waals surface area contributed by atoms with Gasteiger partial charge in [0, 0.05) is 37.6 Å². The number of anilines is 2. The van der Waals surface area contributed by atoms with Crippen LogP contribution in [0.1, 0.15) is 5.56 Å². The largest absolute Gasteiger partial charge is 0.453 e. The second kappa shape index (κ2) is 9.07. The summed E-state index contributed by atoms with van der Waals surface area (Å²) in [4.78, 5) is 19.9. The molecule has 148 valence electrons. The average molecular weight is 385 g/mol. The highest BCUT2D eigenvalue weighted by molar-refractivity contribution is 5.84. The molecule has 3 rings (SSSR count). The molecule has 1 amide bonds. The molecule has 7 nitrogen and oxygen atoms in total. The summed E-state index contributed by atoms with van der Waals surface area (Å²) < 4.78 is 17.6. The summed E-state index contributed by atoms with van der Waals surface area (Å²) in [6.45, 7) is 3.58. The summed E-state index contributed by atoms with van der Waals surface area (Å²) in [6, 6.07) is 13.9. The molecule has 0 aromatic heterocycles. The predicted molar refractivity (Wildman–Crippen MR) is 108 cm³/mol. The van der Waals surface area contributed by atoms with Crippen molar-refractivity contribution in [2.24, 2.45) is 10.7 Å². The van der Waals surface area contributed by atoms with E-state index >= 15 is 0 Å². The van der Waals surface area contributed by atoms with Crippen LogP contribution in [0, 0.1) is 5.82 Å². The van der Waals surface area contributed by atoms with Gasteiger partial charge in [0.05, 0.1) is 13.7 Å². The van der Waals surface area contributed by atoms with Gasteiger partial charge in [0.2, 0.25) is 0 Å². The number of halogens is 1. The van der Waals surface area contributed by atoms with Crippen LogP contribution in [0.25, 0.3) is 0 Å². The predicted octanol–water partition coefficient (Wildman–Crippen LogP) is 2.64. The van der Waals surface area contributed by atoms with Crippen molar-refractivity contribution in [1.82, 2.24) is 4.90 Å². The van der Waals surface area contributed by atoms with E-state index in [4.69, 9.17) is 5.73 Å². The number of piperazine rings is 1. The Hall–Kier alpha value is -3.29. The molecule has 0 bridgehead atoms. The van der Waals surface area contributed by atoms with Gasteiger partial charge in [-0.25, -0.2) is 14.2 Å². The topological polar surface area (TPSA) is 83.2 Å². The number of hydrogen-bond donors (Lipinski definition) is 2. The van der Waals surface area contributed by atoms with E-state index in [1.165, 1.54) is 19.2 Å². The van der Waals surface area contributed by atoms with Crippen LogP contribution in [0.4, 0.5) is 20.6 Å². The molecule has 3 N–H and O–H groups in total. The Labute approximate surface area is 163 Å². The molecule has 0 spiro atoms. The monoisotopic (exact) mass is 385 g/mol. The van der Waals surface area contributed by atoms with Crippen LogP contribution in [-0.2, 0) is 11.3 Å². The number of benzene rings is 2. The highest BCUT2D eigenvalue weighted by Gasteiger charge is 2.18. The minimum absolute atomic E-state index is 0.229. The lowest BCUT2D eigenvalue weighted by atomic mass is 10.2. The number of amides is 1. The lowest BCUT2D eigenvalue weighted by molar-refractivity contribution is 0.187. The van der Waals surface area contributed by atoms with Gasteiger partial charge in [-0.3, -0.25) is 5.32 Å². The van der Waals surface area contributed by atoms with Crippen molar-refractivity contribution in [3.63, 3.8) is 0 Å². The molecule has 1 aliphatic rings. The smallest absolute Gasteiger partial charge is 0.411 e.